The highest BCUT2D eigenvalue weighted by Gasteiger charge is 2.21. The summed E-state index contributed by atoms with van der Waals surface area (Å²) < 4.78 is 5.22. The first-order chi connectivity index (χ1) is 12.5. The van der Waals surface area contributed by atoms with Crippen LogP contribution in [0.15, 0.2) is 18.2 Å². The quantitative estimate of drug-likeness (QED) is 0.725. The lowest BCUT2D eigenvalue weighted by Crippen LogP contribution is -2.27. The van der Waals surface area contributed by atoms with Crippen molar-refractivity contribution in [2.75, 3.05) is 10.6 Å². The molecule has 1 aromatic carbocycles. The average molecular weight is 390 g/mol. The average Bonchev–Trinajstić information content (AvgIpc) is 2.87. The molecular formula is C20H27N3O3S. The smallest absolute Gasteiger partial charge is 0.413 e. The minimum atomic E-state index is -0.603. The van der Waals surface area contributed by atoms with E-state index in [1.54, 1.807) is 27.7 Å². The number of ether oxygens (including phenoxy) is 1. The van der Waals surface area contributed by atoms with Crippen molar-refractivity contribution in [3.05, 3.63) is 39.9 Å². The fraction of sp³-hybridized carbons (Fsp3) is 0.450. The number of aryl methyl sites for hydroxylation is 2. The minimum absolute atomic E-state index is 0.238. The zero-order chi connectivity index (χ0) is 20.4. The summed E-state index contributed by atoms with van der Waals surface area (Å²) in [4.78, 5) is 29.4. The molecule has 0 bridgehead atoms. The van der Waals surface area contributed by atoms with E-state index in [0.29, 0.717) is 15.7 Å². The van der Waals surface area contributed by atoms with Gasteiger partial charge in [0.05, 0.1) is 5.69 Å². The molecule has 146 valence electrons. The first-order valence-electron chi connectivity index (χ1n) is 8.86. The molecule has 0 unspecified atom stereocenters. The van der Waals surface area contributed by atoms with Crippen LogP contribution in [0.4, 0.5) is 15.6 Å². The number of rotatable bonds is 4. The summed E-state index contributed by atoms with van der Waals surface area (Å²) in [5.74, 6) is 0.0468. The summed E-state index contributed by atoms with van der Waals surface area (Å²) in [6, 6.07) is 5.97. The molecule has 2 aromatic rings. The van der Waals surface area contributed by atoms with Crippen LogP contribution in [0.3, 0.4) is 0 Å². The number of carbonyl (C=O) groups is 2. The standard InChI is InChI=1S/C20H27N3O3S/c1-11(2)14-10-8-9-12(3)15(14)22-17(24)16-13(4)21-18(27-16)23-19(25)26-20(5,6)7/h8-11H,1-7H3,(H,22,24)(H,21,23,25). The molecule has 0 fully saturated rings. The van der Waals surface area contributed by atoms with Crippen LogP contribution in [0.1, 0.15) is 67.0 Å². The maximum absolute atomic E-state index is 12.8. The van der Waals surface area contributed by atoms with Gasteiger partial charge in [0, 0.05) is 5.69 Å². The number of anilines is 2. The molecule has 0 atom stereocenters. The second kappa shape index (κ2) is 8.08. The molecule has 27 heavy (non-hydrogen) atoms. The molecule has 1 aromatic heterocycles. The monoisotopic (exact) mass is 389 g/mol. The van der Waals surface area contributed by atoms with Crippen molar-refractivity contribution in [1.82, 2.24) is 4.98 Å². The number of nitrogens with zero attached hydrogens (tertiary/aromatic N) is 1. The fourth-order valence-electron chi connectivity index (χ4n) is 2.56. The summed E-state index contributed by atoms with van der Waals surface area (Å²) in [6.45, 7) is 13.2. The van der Waals surface area contributed by atoms with E-state index >= 15 is 0 Å². The summed E-state index contributed by atoms with van der Waals surface area (Å²) in [7, 11) is 0. The first-order valence-corrected chi connectivity index (χ1v) is 9.68. The Bertz CT molecular complexity index is 851. The molecule has 0 saturated carbocycles. The van der Waals surface area contributed by atoms with Crippen molar-refractivity contribution in [1.29, 1.82) is 0 Å². The van der Waals surface area contributed by atoms with Crippen LogP contribution < -0.4 is 10.6 Å². The highest BCUT2D eigenvalue weighted by Crippen LogP contribution is 2.30. The van der Waals surface area contributed by atoms with E-state index in [9.17, 15) is 9.59 Å². The molecule has 2 rings (SSSR count). The molecule has 0 aliphatic rings. The van der Waals surface area contributed by atoms with E-state index in [1.165, 1.54) is 0 Å². The maximum Gasteiger partial charge on any atom is 0.413 e. The minimum Gasteiger partial charge on any atom is -0.444 e. The molecule has 0 saturated heterocycles. The van der Waals surface area contributed by atoms with Gasteiger partial charge >= 0.3 is 6.09 Å². The normalized spacial score (nSPS) is 11.4. The summed E-state index contributed by atoms with van der Waals surface area (Å²) in [6.07, 6.45) is -0.593. The summed E-state index contributed by atoms with van der Waals surface area (Å²) >= 11 is 1.13. The van der Waals surface area contributed by atoms with Gasteiger partial charge in [0.25, 0.3) is 5.91 Å². The number of benzene rings is 1. The number of para-hydroxylation sites is 1. The topological polar surface area (TPSA) is 80.3 Å². The van der Waals surface area contributed by atoms with Crippen LogP contribution in [-0.4, -0.2) is 22.6 Å². The number of aromatic nitrogens is 1. The van der Waals surface area contributed by atoms with Gasteiger partial charge in [0.1, 0.15) is 10.5 Å². The molecule has 1 heterocycles. The Morgan fingerprint density at radius 3 is 2.41 bits per heavy atom. The Morgan fingerprint density at radius 2 is 1.81 bits per heavy atom. The SMILES string of the molecule is Cc1cccc(C(C)C)c1NC(=O)c1sc(NC(=O)OC(C)(C)C)nc1C. The number of nitrogens with one attached hydrogen (secondary N) is 2. The number of carbonyl (C=O) groups excluding carboxylic acids is 2. The Morgan fingerprint density at radius 1 is 1.15 bits per heavy atom. The van der Waals surface area contributed by atoms with Crippen molar-refractivity contribution in [2.24, 2.45) is 0 Å². The third-order valence-electron chi connectivity index (χ3n) is 3.78. The molecule has 0 radical (unpaired) electrons. The maximum atomic E-state index is 12.8. The van der Waals surface area contributed by atoms with Gasteiger partial charge in [-0.05, 0) is 51.7 Å². The lowest BCUT2D eigenvalue weighted by molar-refractivity contribution is 0.0635. The van der Waals surface area contributed by atoms with E-state index in [4.69, 9.17) is 4.74 Å². The van der Waals surface area contributed by atoms with Gasteiger partial charge < -0.3 is 10.1 Å². The lowest BCUT2D eigenvalue weighted by Gasteiger charge is -2.18. The van der Waals surface area contributed by atoms with Gasteiger partial charge in [-0.15, -0.1) is 0 Å². The molecule has 7 heteroatoms. The molecular weight excluding hydrogens is 362 g/mol. The van der Waals surface area contributed by atoms with Gasteiger partial charge in [-0.25, -0.2) is 9.78 Å². The Balaban J connectivity index is 2.19. The lowest BCUT2D eigenvalue weighted by atomic mass is 9.98. The van der Waals surface area contributed by atoms with E-state index < -0.39 is 11.7 Å². The van der Waals surface area contributed by atoms with E-state index in [-0.39, 0.29) is 11.8 Å². The largest absolute Gasteiger partial charge is 0.444 e. The number of hydrogen-bond donors (Lipinski definition) is 2. The second-order valence-corrected chi connectivity index (χ2v) is 8.71. The number of thiazole rings is 1. The molecule has 6 nitrogen and oxygen atoms in total. The number of amides is 2. The van der Waals surface area contributed by atoms with Gasteiger partial charge in [-0.1, -0.05) is 43.4 Å². The van der Waals surface area contributed by atoms with Crippen LogP contribution >= 0.6 is 11.3 Å². The third kappa shape index (κ3) is 5.53. The molecule has 2 amide bonds. The van der Waals surface area contributed by atoms with Crippen LogP contribution in [0.25, 0.3) is 0 Å². The third-order valence-corrected chi connectivity index (χ3v) is 4.85. The Labute approximate surface area is 164 Å². The van der Waals surface area contributed by atoms with Gasteiger partial charge in [0.15, 0.2) is 5.13 Å². The second-order valence-electron chi connectivity index (χ2n) is 7.71. The van der Waals surface area contributed by atoms with Crippen molar-refractivity contribution in [3.63, 3.8) is 0 Å². The summed E-state index contributed by atoms with van der Waals surface area (Å²) in [5, 5.41) is 5.93. The van der Waals surface area contributed by atoms with Crippen molar-refractivity contribution in [3.8, 4) is 0 Å². The highest BCUT2D eigenvalue weighted by molar-refractivity contribution is 7.17. The van der Waals surface area contributed by atoms with E-state index in [2.05, 4.69) is 29.5 Å². The first kappa shape index (κ1) is 20.9. The van der Waals surface area contributed by atoms with Crippen LogP contribution in [0.5, 0.6) is 0 Å². The number of hydrogen-bond acceptors (Lipinski definition) is 5. The Kier molecular flexibility index (Phi) is 6.26. The Hall–Kier alpha value is -2.41. The molecule has 0 aliphatic carbocycles. The van der Waals surface area contributed by atoms with E-state index in [1.807, 2.05) is 25.1 Å². The van der Waals surface area contributed by atoms with Gasteiger partial charge in [-0.2, -0.15) is 0 Å². The molecule has 2 N–H and O–H groups in total. The van der Waals surface area contributed by atoms with Crippen molar-refractivity contribution in [2.45, 2.75) is 60.0 Å². The molecule has 0 aliphatic heterocycles. The van der Waals surface area contributed by atoms with Crippen LogP contribution in [-0.2, 0) is 4.74 Å². The summed E-state index contributed by atoms with van der Waals surface area (Å²) in [5.41, 5.74) is 2.87. The predicted molar refractivity (Wildman–Crippen MR) is 110 cm³/mol. The zero-order valence-corrected chi connectivity index (χ0v) is 17.7. The highest BCUT2D eigenvalue weighted by atomic mass is 32.1. The van der Waals surface area contributed by atoms with Gasteiger partial charge in [-0.3, -0.25) is 10.1 Å². The zero-order valence-electron chi connectivity index (χ0n) is 16.9. The van der Waals surface area contributed by atoms with E-state index in [0.717, 1.165) is 28.2 Å². The van der Waals surface area contributed by atoms with Crippen LogP contribution in [0, 0.1) is 13.8 Å². The van der Waals surface area contributed by atoms with Gasteiger partial charge in [0.2, 0.25) is 0 Å². The molecule has 0 spiro atoms. The predicted octanol–water partition coefficient (Wildman–Crippen LogP) is 5.48. The van der Waals surface area contributed by atoms with Crippen molar-refractivity contribution >= 4 is 34.2 Å². The van der Waals surface area contributed by atoms with Crippen molar-refractivity contribution < 1.29 is 14.3 Å². The van der Waals surface area contributed by atoms with Crippen LogP contribution in [0.2, 0.25) is 0 Å². The fourth-order valence-corrected chi connectivity index (χ4v) is 3.41.